The normalized spacial score (nSPS) is 21.3. The first-order valence-electron chi connectivity index (χ1n) is 21.1. The van der Waals surface area contributed by atoms with E-state index in [4.69, 9.17) is 23.5 Å². The van der Waals surface area contributed by atoms with Crippen LogP contribution in [0.1, 0.15) is 168 Å². The molecule has 0 aromatic carbocycles. The smallest absolute Gasteiger partial charge is 0.397 e. The number of unbranched alkanes of at least 4 members (excludes halogenated alkanes) is 19. The average molecular weight is 793 g/mol. The number of hydrogen-bond donors (Lipinski definition) is 4. The van der Waals surface area contributed by atoms with Gasteiger partial charge in [-0.15, -0.1) is 0 Å². The van der Waals surface area contributed by atoms with Gasteiger partial charge in [0.2, 0.25) is 0 Å². The van der Waals surface area contributed by atoms with Crippen LogP contribution in [0.15, 0.2) is 24.3 Å². The second-order valence-corrected chi connectivity index (χ2v) is 15.6. The largest absolute Gasteiger partial charge is 0.457 e. The van der Waals surface area contributed by atoms with Crippen molar-refractivity contribution in [3.05, 3.63) is 24.3 Å². The van der Waals surface area contributed by atoms with Crippen molar-refractivity contribution in [3.8, 4) is 0 Å². The predicted molar refractivity (Wildman–Crippen MR) is 211 cm³/mol. The third kappa shape index (κ3) is 27.2. The van der Waals surface area contributed by atoms with Gasteiger partial charge in [-0.05, 0) is 44.9 Å². The van der Waals surface area contributed by atoms with Gasteiger partial charge in [0.15, 0.2) is 6.29 Å². The average Bonchev–Trinajstić information content (AvgIpc) is 3.14. The van der Waals surface area contributed by atoms with Crippen molar-refractivity contribution in [1.82, 2.24) is 0 Å². The van der Waals surface area contributed by atoms with E-state index >= 15 is 0 Å². The fraction of sp³-hybridized carbons (Fsp3) is 0.878. The summed E-state index contributed by atoms with van der Waals surface area (Å²) in [5.41, 5.74) is 0. The Labute approximate surface area is 327 Å². The molecule has 1 aliphatic rings. The molecule has 0 bridgehead atoms. The highest BCUT2D eigenvalue weighted by molar-refractivity contribution is 7.80. The van der Waals surface area contributed by atoms with Crippen LogP contribution in [0.3, 0.4) is 0 Å². The summed E-state index contributed by atoms with van der Waals surface area (Å²) in [6.07, 6.45) is 26.5. The van der Waals surface area contributed by atoms with E-state index in [1.807, 2.05) is 0 Å². The number of carbonyl (C=O) groups excluding carboxylic acids is 1. The van der Waals surface area contributed by atoms with Gasteiger partial charge >= 0.3 is 16.4 Å². The summed E-state index contributed by atoms with van der Waals surface area (Å²) < 4.78 is 58.8. The van der Waals surface area contributed by atoms with Gasteiger partial charge < -0.3 is 34.3 Å². The highest BCUT2D eigenvalue weighted by atomic mass is 32.3. The van der Waals surface area contributed by atoms with Crippen molar-refractivity contribution in [1.29, 1.82) is 0 Å². The fourth-order valence-corrected chi connectivity index (χ4v) is 6.86. The standard InChI is InChI=1S/C41H76O12S/c1-3-5-7-9-11-13-15-16-17-18-19-20-21-23-25-27-29-31-49-33-35(51-37(43)30-28-26-24-22-14-12-10-8-6-4-2)34-50-41-39(45)40(53-54(46,47)48)38(44)36(32-42)52-41/h13,15,17-18,35-36,38-42,44-45H,3-12,14,16,19-34H2,1-2H3,(H,46,47,48)/b15-13-,18-17-. The van der Waals surface area contributed by atoms with Crippen LogP contribution in [0.5, 0.6) is 0 Å². The molecule has 13 heteroatoms. The minimum Gasteiger partial charge on any atom is -0.457 e. The van der Waals surface area contributed by atoms with Crippen LogP contribution in [0.4, 0.5) is 0 Å². The first-order valence-corrected chi connectivity index (χ1v) is 22.5. The van der Waals surface area contributed by atoms with Gasteiger partial charge in [0, 0.05) is 13.0 Å². The molecular weight excluding hydrogens is 717 g/mol. The zero-order valence-electron chi connectivity index (χ0n) is 33.5. The van der Waals surface area contributed by atoms with Crippen molar-refractivity contribution >= 4 is 16.4 Å². The Morgan fingerprint density at radius 3 is 1.78 bits per heavy atom. The van der Waals surface area contributed by atoms with Crippen molar-refractivity contribution < 1.29 is 56.2 Å². The molecule has 1 aliphatic heterocycles. The molecule has 0 aromatic heterocycles. The fourth-order valence-electron chi connectivity index (χ4n) is 6.35. The SMILES string of the molecule is CCCCCC/C=C\C/C=C\CCCCCCCCOCC(COC1OC(CO)C(O)C(OS(=O)(=O)O)C1O)OC(=O)CCCCCCCCCCCC. The minimum absolute atomic E-state index is 0.0317. The molecule has 0 aliphatic carbocycles. The molecule has 1 heterocycles. The maximum atomic E-state index is 12.8. The van der Waals surface area contributed by atoms with Crippen LogP contribution in [-0.4, -0.2) is 97.5 Å². The Kier molecular flexibility index (Phi) is 31.6. The second kappa shape index (κ2) is 33.7. The lowest BCUT2D eigenvalue weighted by Gasteiger charge is -2.41. The summed E-state index contributed by atoms with van der Waals surface area (Å²) in [5, 5.41) is 30.6. The molecular formula is C41H76O12S. The summed E-state index contributed by atoms with van der Waals surface area (Å²) in [5.74, 6) is -0.405. The van der Waals surface area contributed by atoms with Gasteiger partial charge in [-0.2, -0.15) is 8.42 Å². The van der Waals surface area contributed by atoms with Crippen LogP contribution in [-0.2, 0) is 38.3 Å². The van der Waals surface area contributed by atoms with E-state index in [1.54, 1.807) is 0 Å². The van der Waals surface area contributed by atoms with Crippen LogP contribution >= 0.6 is 0 Å². The molecule has 6 unspecified atom stereocenters. The number of rotatable bonds is 36. The summed E-state index contributed by atoms with van der Waals surface area (Å²) in [6.45, 7) is 3.92. The topological polar surface area (TPSA) is 178 Å². The Morgan fingerprint density at radius 2 is 1.22 bits per heavy atom. The third-order valence-electron chi connectivity index (χ3n) is 9.58. The Hall–Kier alpha value is -1.42. The van der Waals surface area contributed by atoms with Crippen LogP contribution in [0.2, 0.25) is 0 Å². The van der Waals surface area contributed by atoms with E-state index in [-0.39, 0.29) is 19.6 Å². The van der Waals surface area contributed by atoms with Gasteiger partial charge in [-0.3, -0.25) is 9.35 Å². The molecule has 4 N–H and O–H groups in total. The van der Waals surface area contributed by atoms with Crippen molar-refractivity contribution in [2.24, 2.45) is 0 Å². The third-order valence-corrected chi connectivity index (χ3v) is 10.0. The number of carbonyl (C=O) groups is 1. The monoisotopic (exact) mass is 793 g/mol. The van der Waals surface area contributed by atoms with E-state index in [0.717, 1.165) is 57.8 Å². The number of esters is 1. The van der Waals surface area contributed by atoms with E-state index < -0.39 is 59.8 Å². The van der Waals surface area contributed by atoms with Crippen LogP contribution < -0.4 is 0 Å². The van der Waals surface area contributed by atoms with Gasteiger partial charge in [0.1, 0.15) is 30.5 Å². The molecule has 6 atom stereocenters. The molecule has 1 saturated heterocycles. The number of aliphatic hydroxyl groups excluding tert-OH is 3. The first-order chi connectivity index (χ1) is 26.1. The zero-order chi connectivity index (χ0) is 39.7. The lowest BCUT2D eigenvalue weighted by atomic mass is 9.99. The summed E-state index contributed by atoms with van der Waals surface area (Å²) in [6, 6.07) is 0. The zero-order valence-corrected chi connectivity index (χ0v) is 34.4. The molecule has 0 saturated carbocycles. The molecule has 0 spiro atoms. The predicted octanol–water partition coefficient (Wildman–Crippen LogP) is 8.07. The Morgan fingerprint density at radius 1 is 0.704 bits per heavy atom. The molecule has 0 radical (unpaired) electrons. The molecule has 1 rings (SSSR count). The summed E-state index contributed by atoms with van der Waals surface area (Å²) in [7, 11) is -5.06. The van der Waals surface area contributed by atoms with E-state index in [9.17, 15) is 28.5 Å². The quantitative estimate of drug-likeness (QED) is 0.0208. The molecule has 0 amide bonds. The molecule has 54 heavy (non-hydrogen) atoms. The lowest BCUT2D eigenvalue weighted by Crippen LogP contribution is -2.60. The molecule has 318 valence electrons. The lowest BCUT2D eigenvalue weighted by molar-refractivity contribution is -0.301. The summed E-state index contributed by atoms with van der Waals surface area (Å²) in [4.78, 5) is 12.8. The van der Waals surface area contributed by atoms with Gasteiger partial charge in [-0.1, -0.05) is 141 Å². The van der Waals surface area contributed by atoms with E-state index in [0.29, 0.717) is 13.0 Å². The number of ether oxygens (including phenoxy) is 4. The van der Waals surface area contributed by atoms with E-state index in [1.165, 1.54) is 83.5 Å². The molecule has 1 fully saturated rings. The van der Waals surface area contributed by atoms with Gasteiger partial charge in [0.25, 0.3) is 0 Å². The minimum atomic E-state index is -5.06. The van der Waals surface area contributed by atoms with Crippen LogP contribution in [0, 0.1) is 0 Å². The number of allylic oxidation sites excluding steroid dienone is 4. The van der Waals surface area contributed by atoms with Crippen molar-refractivity contribution in [2.75, 3.05) is 26.4 Å². The first kappa shape index (κ1) is 50.6. The summed E-state index contributed by atoms with van der Waals surface area (Å²) >= 11 is 0. The highest BCUT2D eigenvalue weighted by Crippen LogP contribution is 2.26. The Balaban J connectivity index is 2.45. The highest BCUT2D eigenvalue weighted by Gasteiger charge is 2.48. The second-order valence-electron chi connectivity index (χ2n) is 14.6. The Bertz CT molecular complexity index is 1050. The maximum absolute atomic E-state index is 12.8. The number of hydrogen-bond acceptors (Lipinski definition) is 11. The molecule has 0 aromatic rings. The van der Waals surface area contributed by atoms with E-state index in [2.05, 4.69) is 42.3 Å². The van der Waals surface area contributed by atoms with Gasteiger partial charge in [0.05, 0.1) is 19.8 Å². The van der Waals surface area contributed by atoms with Crippen LogP contribution in [0.25, 0.3) is 0 Å². The van der Waals surface area contributed by atoms with Crippen molar-refractivity contribution in [2.45, 2.75) is 205 Å². The number of aliphatic hydroxyl groups is 3. The maximum Gasteiger partial charge on any atom is 0.397 e. The van der Waals surface area contributed by atoms with Gasteiger partial charge in [-0.25, -0.2) is 4.18 Å². The van der Waals surface area contributed by atoms with Crippen molar-refractivity contribution in [3.63, 3.8) is 0 Å². The molecule has 12 nitrogen and oxygen atoms in total.